The van der Waals surface area contributed by atoms with Gasteiger partial charge < -0.3 is 19.7 Å². The van der Waals surface area contributed by atoms with Crippen molar-refractivity contribution in [3.8, 4) is 5.75 Å². The van der Waals surface area contributed by atoms with Gasteiger partial charge in [-0.05, 0) is 43.2 Å². The number of benzene rings is 2. The standard InChI is InChI=1S/C20H22N2O4/c1-13(10-14-6-4-5-7-18(14)25-3)22(2)20(24)21-16-8-9-17-15(11-16)12-26-19(17)23/h4-9,11,13H,10,12H2,1-3H3,(H,21,24)/t13-/m1/s1. The average molecular weight is 354 g/mol. The van der Waals surface area contributed by atoms with Crippen LogP contribution in [0.3, 0.4) is 0 Å². The summed E-state index contributed by atoms with van der Waals surface area (Å²) in [7, 11) is 3.40. The van der Waals surface area contributed by atoms with Crippen molar-refractivity contribution in [2.75, 3.05) is 19.5 Å². The van der Waals surface area contributed by atoms with Gasteiger partial charge in [0.05, 0.1) is 12.7 Å². The molecule has 3 rings (SSSR count). The van der Waals surface area contributed by atoms with Crippen LogP contribution in [0.25, 0.3) is 0 Å². The number of fused-ring (bicyclic) bond motifs is 1. The Labute approximate surface area is 152 Å². The number of anilines is 1. The van der Waals surface area contributed by atoms with E-state index in [1.165, 1.54) is 0 Å². The zero-order valence-electron chi connectivity index (χ0n) is 15.1. The molecule has 26 heavy (non-hydrogen) atoms. The van der Waals surface area contributed by atoms with E-state index in [0.717, 1.165) is 16.9 Å². The first-order chi connectivity index (χ1) is 12.5. The Morgan fingerprint density at radius 2 is 2.08 bits per heavy atom. The number of amides is 2. The summed E-state index contributed by atoms with van der Waals surface area (Å²) in [5.74, 6) is 0.497. The molecule has 0 aromatic heterocycles. The maximum atomic E-state index is 12.5. The average Bonchev–Trinajstić information content (AvgIpc) is 3.01. The first-order valence-corrected chi connectivity index (χ1v) is 8.45. The van der Waals surface area contributed by atoms with Gasteiger partial charge in [-0.2, -0.15) is 0 Å². The third-order valence-electron chi connectivity index (χ3n) is 4.62. The van der Waals surface area contributed by atoms with Crippen LogP contribution in [0.4, 0.5) is 10.5 Å². The van der Waals surface area contributed by atoms with Gasteiger partial charge in [0, 0.05) is 24.3 Å². The normalized spacial score (nSPS) is 13.6. The molecule has 0 saturated carbocycles. The van der Waals surface area contributed by atoms with Crippen LogP contribution >= 0.6 is 0 Å². The number of para-hydroxylation sites is 1. The first-order valence-electron chi connectivity index (χ1n) is 8.45. The second kappa shape index (κ2) is 7.47. The fraction of sp³-hybridized carbons (Fsp3) is 0.300. The van der Waals surface area contributed by atoms with Crippen LogP contribution in [0.1, 0.15) is 28.4 Å². The maximum absolute atomic E-state index is 12.5. The first kappa shape index (κ1) is 17.8. The van der Waals surface area contributed by atoms with E-state index in [2.05, 4.69) is 5.32 Å². The van der Waals surface area contributed by atoms with Crippen molar-refractivity contribution < 1.29 is 19.1 Å². The Balaban J connectivity index is 1.65. The van der Waals surface area contributed by atoms with Crippen molar-refractivity contribution in [1.82, 2.24) is 4.90 Å². The molecule has 1 atom stereocenters. The number of carbonyl (C=O) groups is 2. The smallest absolute Gasteiger partial charge is 0.338 e. The zero-order valence-corrected chi connectivity index (χ0v) is 15.1. The Bertz CT molecular complexity index is 834. The summed E-state index contributed by atoms with van der Waals surface area (Å²) in [6, 6.07) is 12.7. The van der Waals surface area contributed by atoms with E-state index in [0.29, 0.717) is 17.7 Å². The number of carbonyl (C=O) groups excluding carboxylic acids is 2. The van der Waals surface area contributed by atoms with Crippen molar-refractivity contribution in [3.05, 3.63) is 59.2 Å². The number of rotatable bonds is 5. The summed E-state index contributed by atoms with van der Waals surface area (Å²) in [6.45, 7) is 2.24. The molecule has 0 radical (unpaired) electrons. The minimum absolute atomic E-state index is 0.0226. The fourth-order valence-corrected chi connectivity index (χ4v) is 2.95. The predicted octanol–water partition coefficient (Wildman–Crippen LogP) is 3.46. The van der Waals surface area contributed by atoms with Crippen LogP contribution in [0.15, 0.2) is 42.5 Å². The number of nitrogens with zero attached hydrogens (tertiary/aromatic N) is 1. The molecule has 1 aliphatic rings. The molecule has 0 bridgehead atoms. The molecule has 0 unspecified atom stereocenters. The number of esters is 1. The molecule has 1 heterocycles. The minimum Gasteiger partial charge on any atom is -0.496 e. The fourth-order valence-electron chi connectivity index (χ4n) is 2.95. The van der Waals surface area contributed by atoms with Crippen molar-refractivity contribution in [2.45, 2.75) is 26.0 Å². The summed E-state index contributed by atoms with van der Waals surface area (Å²) in [6.07, 6.45) is 0.681. The summed E-state index contributed by atoms with van der Waals surface area (Å²) in [5, 5.41) is 2.87. The molecule has 0 aliphatic carbocycles. The highest BCUT2D eigenvalue weighted by Gasteiger charge is 2.22. The van der Waals surface area contributed by atoms with E-state index < -0.39 is 0 Å². The molecule has 0 fully saturated rings. The monoisotopic (exact) mass is 354 g/mol. The van der Waals surface area contributed by atoms with Crippen LogP contribution in [-0.4, -0.2) is 37.1 Å². The number of cyclic esters (lactones) is 1. The molecule has 0 saturated heterocycles. The van der Waals surface area contributed by atoms with Gasteiger partial charge in [-0.15, -0.1) is 0 Å². The Morgan fingerprint density at radius 3 is 2.85 bits per heavy atom. The summed E-state index contributed by atoms with van der Waals surface area (Å²) < 4.78 is 10.4. The predicted molar refractivity (Wildman–Crippen MR) is 98.5 cm³/mol. The van der Waals surface area contributed by atoms with Crippen molar-refractivity contribution >= 4 is 17.7 Å². The van der Waals surface area contributed by atoms with Crippen LogP contribution in [-0.2, 0) is 17.8 Å². The van der Waals surface area contributed by atoms with E-state index >= 15 is 0 Å². The maximum Gasteiger partial charge on any atom is 0.338 e. The van der Waals surface area contributed by atoms with Gasteiger partial charge in [-0.1, -0.05) is 18.2 Å². The lowest BCUT2D eigenvalue weighted by molar-refractivity contribution is 0.0535. The number of nitrogens with one attached hydrogen (secondary N) is 1. The molecular formula is C20H22N2O4. The SMILES string of the molecule is COc1ccccc1C[C@@H](C)N(C)C(=O)Nc1ccc2c(c1)COC2=O. The number of likely N-dealkylation sites (N-methyl/N-ethyl adjacent to an activating group) is 1. The molecule has 136 valence electrons. The largest absolute Gasteiger partial charge is 0.496 e. The van der Waals surface area contributed by atoms with E-state index in [1.807, 2.05) is 31.2 Å². The molecule has 2 amide bonds. The molecule has 2 aromatic carbocycles. The van der Waals surface area contributed by atoms with Crippen molar-refractivity contribution in [1.29, 1.82) is 0 Å². The van der Waals surface area contributed by atoms with Gasteiger partial charge in [-0.3, -0.25) is 0 Å². The van der Waals surface area contributed by atoms with E-state index in [4.69, 9.17) is 9.47 Å². The highest BCUT2D eigenvalue weighted by atomic mass is 16.5. The minimum atomic E-state index is -0.319. The summed E-state index contributed by atoms with van der Waals surface area (Å²) in [5.41, 5.74) is 3.04. The van der Waals surface area contributed by atoms with Crippen LogP contribution in [0.2, 0.25) is 0 Å². The Hall–Kier alpha value is -3.02. The van der Waals surface area contributed by atoms with Gasteiger partial charge in [0.25, 0.3) is 0 Å². The third-order valence-corrected chi connectivity index (χ3v) is 4.62. The molecule has 0 spiro atoms. The molecule has 6 nitrogen and oxygen atoms in total. The van der Waals surface area contributed by atoms with E-state index in [1.54, 1.807) is 37.3 Å². The van der Waals surface area contributed by atoms with Crippen LogP contribution < -0.4 is 10.1 Å². The van der Waals surface area contributed by atoms with Gasteiger partial charge >= 0.3 is 12.0 Å². The molecule has 2 aromatic rings. The number of hydrogen-bond donors (Lipinski definition) is 1. The second-order valence-electron chi connectivity index (χ2n) is 6.35. The number of methoxy groups -OCH3 is 1. The van der Waals surface area contributed by atoms with Crippen molar-refractivity contribution in [2.24, 2.45) is 0 Å². The Morgan fingerprint density at radius 1 is 1.31 bits per heavy atom. The molecule has 6 heteroatoms. The summed E-state index contributed by atoms with van der Waals surface area (Å²) >= 11 is 0. The lowest BCUT2D eigenvalue weighted by Gasteiger charge is -2.26. The van der Waals surface area contributed by atoms with Gasteiger partial charge in [0.15, 0.2) is 0 Å². The van der Waals surface area contributed by atoms with E-state index in [9.17, 15) is 9.59 Å². The third kappa shape index (κ3) is 3.64. The Kier molecular flexibility index (Phi) is 5.11. The number of urea groups is 1. The lowest BCUT2D eigenvalue weighted by atomic mass is 10.1. The van der Waals surface area contributed by atoms with Crippen LogP contribution in [0.5, 0.6) is 5.75 Å². The number of ether oxygens (including phenoxy) is 2. The molecule has 1 aliphatic heterocycles. The highest BCUT2D eigenvalue weighted by Crippen LogP contribution is 2.24. The second-order valence-corrected chi connectivity index (χ2v) is 6.35. The van der Waals surface area contributed by atoms with E-state index in [-0.39, 0.29) is 24.6 Å². The number of hydrogen-bond acceptors (Lipinski definition) is 4. The van der Waals surface area contributed by atoms with Crippen molar-refractivity contribution in [3.63, 3.8) is 0 Å². The lowest BCUT2D eigenvalue weighted by Crippen LogP contribution is -2.39. The van der Waals surface area contributed by atoms with Gasteiger partial charge in [0.2, 0.25) is 0 Å². The quantitative estimate of drug-likeness (QED) is 0.835. The molecular weight excluding hydrogens is 332 g/mol. The summed E-state index contributed by atoms with van der Waals surface area (Å²) in [4.78, 5) is 25.7. The topological polar surface area (TPSA) is 67.9 Å². The highest BCUT2D eigenvalue weighted by molar-refractivity contribution is 5.95. The van der Waals surface area contributed by atoms with Crippen LogP contribution in [0, 0.1) is 0 Å². The van der Waals surface area contributed by atoms with Gasteiger partial charge in [-0.25, -0.2) is 9.59 Å². The van der Waals surface area contributed by atoms with Gasteiger partial charge in [0.1, 0.15) is 12.4 Å². The zero-order chi connectivity index (χ0) is 18.7. The molecule has 1 N–H and O–H groups in total.